The molecule has 4 rings (SSSR count). The SMILES string of the molecule is CC12CC3CC1CC(CC(=O)O)(C3)C2. The summed E-state index contributed by atoms with van der Waals surface area (Å²) in [7, 11) is 0. The molecule has 0 aromatic rings. The van der Waals surface area contributed by atoms with E-state index in [1.807, 2.05) is 0 Å². The van der Waals surface area contributed by atoms with Gasteiger partial charge in [-0.1, -0.05) is 6.92 Å². The minimum Gasteiger partial charge on any atom is -0.481 e. The molecule has 78 valence electrons. The first-order valence-electron chi connectivity index (χ1n) is 5.73. The molecule has 0 heterocycles. The normalized spacial score (nSPS) is 54.1. The van der Waals surface area contributed by atoms with E-state index < -0.39 is 5.97 Å². The van der Waals surface area contributed by atoms with E-state index in [-0.39, 0.29) is 5.41 Å². The second-order valence-electron chi connectivity index (χ2n) is 6.31. The first-order valence-corrected chi connectivity index (χ1v) is 5.73. The first kappa shape index (κ1) is 8.75. The Morgan fingerprint density at radius 3 is 2.79 bits per heavy atom. The van der Waals surface area contributed by atoms with Gasteiger partial charge in [-0.15, -0.1) is 0 Å². The van der Waals surface area contributed by atoms with Crippen LogP contribution in [0.4, 0.5) is 0 Å². The number of carboxylic acid groups (broad SMARTS) is 1. The Morgan fingerprint density at radius 1 is 1.43 bits per heavy atom. The second-order valence-corrected chi connectivity index (χ2v) is 6.31. The molecule has 0 aromatic carbocycles. The van der Waals surface area contributed by atoms with Gasteiger partial charge in [0.15, 0.2) is 0 Å². The van der Waals surface area contributed by atoms with Gasteiger partial charge in [0.05, 0.1) is 6.42 Å². The zero-order chi connectivity index (χ0) is 9.97. The third-order valence-electron chi connectivity index (χ3n) is 5.06. The molecule has 4 unspecified atom stereocenters. The Labute approximate surface area is 84.7 Å². The van der Waals surface area contributed by atoms with Crippen molar-refractivity contribution in [2.75, 3.05) is 0 Å². The largest absolute Gasteiger partial charge is 0.481 e. The maximum absolute atomic E-state index is 10.9. The zero-order valence-electron chi connectivity index (χ0n) is 8.75. The minimum atomic E-state index is -0.587. The van der Waals surface area contributed by atoms with Crippen molar-refractivity contribution in [2.24, 2.45) is 22.7 Å². The molecule has 4 aliphatic carbocycles. The molecule has 0 amide bonds. The van der Waals surface area contributed by atoms with Crippen molar-refractivity contribution in [3.8, 4) is 0 Å². The zero-order valence-corrected chi connectivity index (χ0v) is 8.75. The molecule has 4 saturated carbocycles. The van der Waals surface area contributed by atoms with Gasteiger partial charge in [0, 0.05) is 0 Å². The van der Waals surface area contributed by atoms with Crippen LogP contribution in [0.3, 0.4) is 0 Å². The van der Waals surface area contributed by atoms with Gasteiger partial charge in [0.1, 0.15) is 0 Å². The molecule has 4 bridgehead atoms. The average Bonchev–Trinajstić information content (AvgIpc) is 2.28. The number of hydrogen-bond acceptors (Lipinski definition) is 1. The summed E-state index contributed by atoms with van der Waals surface area (Å²) in [6.45, 7) is 2.39. The summed E-state index contributed by atoms with van der Waals surface area (Å²) in [4.78, 5) is 10.9. The molecule has 2 heteroatoms. The topological polar surface area (TPSA) is 37.3 Å². The van der Waals surface area contributed by atoms with Crippen molar-refractivity contribution in [3.63, 3.8) is 0 Å². The second kappa shape index (κ2) is 2.34. The van der Waals surface area contributed by atoms with E-state index in [1.54, 1.807) is 0 Å². The van der Waals surface area contributed by atoms with E-state index in [9.17, 15) is 4.79 Å². The first-order chi connectivity index (χ1) is 6.51. The fourth-order valence-corrected chi connectivity index (χ4v) is 5.05. The molecule has 4 atom stereocenters. The fraction of sp³-hybridized carbons (Fsp3) is 0.917. The summed E-state index contributed by atoms with van der Waals surface area (Å²) >= 11 is 0. The molecule has 0 saturated heterocycles. The van der Waals surface area contributed by atoms with Crippen LogP contribution in [-0.2, 0) is 4.79 Å². The van der Waals surface area contributed by atoms with Gasteiger partial charge in [-0.2, -0.15) is 0 Å². The summed E-state index contributed by atoms with van der Waals surface area (Å²) in [6.07, 6.45) is 6.78. The molecule has 2 nitrogen and oxygen atoms in total. The van der Waals surface area contributed by atoms with Crippen LogP contribution in [-0.4, -0.2) is 11.1 Å². The van der Waals surface area contributed by atoms with E-state index in [0.717, 1.165) is 11.8 Å². The maximum Gasteiger partial charge on any atom is 0.303 e. The van der Waals surface area contributed by atoms with Crippen molar-refractivity contribution < 1.29 is 9.90 Å². The standard InChI is InChI=1S/C12H18O2/c1-11-3-8-2-9(11)5-12(4-8,7-11)6-10(13)14/h8-9H,2-7H2,1H3,(H,13,14). The number of hydrogen-bond donors (Lipinski definition) is 1. The molecular weight excluding hydrogens is 176 g/mol. The number of carboxylic acids is 1. The highest BCUT2D eigenvalue weighted by Gasteiger charge is 2.61. The van der Waals surface area contributed by atoms with E-state index in [1.165, 1.54) is 32.1 Å². The number of rotatable bonds is 2. The lowest BCUT2D eigenvalue weighted by molar-refractivity contribution is -0.140. The molecule has 14 heavy (non-hydrogen) atoms. The van der Waals surface area contributed by atoms with Gasteiger partial charge in [-0.05, 0) is 54.8 Å². The third kappa shape index (κ3) is 0.999. The predicted molar refractivity (Wildman–Crippen MR) is 52.9 cm³/mol. The molecule has 0 spiro atoms. The monoisotopic (exact) mass is 194 g/mol. The van der Waals surface area contributed by atoms with Gasteiger partial charge in [-0.3, -0.25) is 4.79 Å². The summed E-state index contributed by atoms with van der Waals surface area (Å²) < 4.78 is 0. The molecule has 0 aliphatic heterocycles. The molecule has 0 aromatic heterocycles. The van der Waals surface area contributed by atoms with Crippen molar-refractivity contribution in [2.45, 2.75) is 45.4 Å². The van der Waals surface area contributed by atoms with Gasteiger partial charge < -0.3 is 5.11 Å². The summed E-state index contributed by atoms with van der Waals surface area (Å²) in [5, 5.41) is 8.97. The predicted octanol–water partition coefficient (Wildman–Crippen LogP) is 2.68. The molecule has 0 radical (unpaired) electrons. The lowest BCUT2D eigenvalue weighted by Gasteiger charge is -2.39. The molecule has 4 aliphatic rings. The van der Waals surface area contributed by atoms with Crippen LogP contribution < -0.4 is 0 Å². The Balaban J connectivity index is 1.89. The summed E-state index contributed by atoms with van der Waals surface area (Å²) in [6, 6.07) is 0. The highest BCUT2D eigenvalue weighted by molar-refractivity contribution is 5.68. The van der Waals surface area contributed by atoms with E-state index in [0.29, 0.717) is 11.8 Å². The smallest absolute Gasteiger partial charge is 0.303 e. The lowest BCUT2D eigenvalue weighted by Crippen LogP contribution is -2.31. The van der Waals surface area contributed by atoms with E-state index in [4.69, 9.17) is 5.11 Å². The van der Waals surface area contributed by atoms with Gasteiger partial charge in [0.25, 0.3) is 0 Å². The van der Waals surface area contributed by atoms with Crippen LogP contribution in [0.15, 0.2) is 0 Å². The molecule has 1 N–H and O–H groups in total. The van der Waals surface area contributed by atoms with Crippen LogP contribution in [0.5, 0.6) is 0 Å². The van der Waals surface area contributed by atoms with Crippen LogP contribution in [0.25, 0.3) is 0 Å². The fourth-order valence-electron chi connectivity index (χ4n) is 5.05. The van der Waals surface area contributed by atoms with Crippen LogP contribution in [0, 0.1) is 22.7 Å². The third-order valence-corrected chi connectivity index (χ3v) is 5.06. The number of aliphatic carboxylic acids is 1. The van der Waals surface area contributed by atoms with Crippen molar-refractivity contribution in [1.29, 1.82) is 0 Å². The average molecular weight is 194 g/mol. The Hall–Kier alpha value is -0.530. The van der Waals surface area contributed by atoms with Crippen LogP contribution >= 0.6 is 0 Å². The quantitative estimate of drug-likeness (QED) is 0.733. The van der Waals surface area contributed by atoms with Gasteiger partial charge in [0.2, 0.25) is 0 Å². The molecular formula is C12H18O2. The Bertz CT molecular complexity index is 299. The van der Waals surface area contributed by atoms with Crippen molar-refractivity contribution in [1.82, 2.24) is 0 Å². The number of carbonyl (C=O) groups is 1. The van der Waals surface area contributed by atoms with Gasteiger partial charge in [-0.25, -0.2) is 0 Å². The van der Waals surface area contributed by atoms with Gasteiger partial charge >= 0.3 is 5.97 Å². The molecule has 4 fully saturated rings. The van der Waals surface area contributed by atoms with Crippen molar-refractivity contribution >= 4 is 5.97 Å². The van der Waals surface area contributed by atoms with E-state index >= 15 is 0 Å². The van der Waals surface area contributed by atoms with Crippen LogP contribution in [0.2, 0.25) is 0 Å². The Morgan fingerprint density at radius 2 is 2.21 bits per heavy atom. The van der Waals surface area contributed by atoms with Crippen molar-refractivity contribution in [3.05, 3.63) is 0 Å². The minimum absolute atomic E-state index is 0.201. The maximum atomic E-state index is 10.9. The van der Waals surface area contributed by atoms with E-state index in [2.05, 4.69) is 6.92 Å². The highest BCUT2D eigenvalue weighted by Crippen LogP contribution is 2.71. The summed E-state index contributed by atoms with van der Waals surface area (Å²) in [5.74, 6) is 1.11. The summed E-state index contributed by atoms with van der Waals surface area (Å²) in [5.41, 5.74) is 0.713. The highest BCUT2D eigenvalue weighted by atomic mass is 16.4. The Kier molecular flexibility index (Phi) is 1.46. The lowest BCUT2D eigenvalue weighted by atomic mass is 9.66. The van der Waals surface area contributed by atoms with Crippen LogP contribution in [0.1, 0.15) is 45.4 Å².